The summed E-state index contributed by atoms with van der Waals surface area (Å²) in [7, 11) is 2.14. The van der Waals surface area contributed by atoms with E-state index >= 15 is 0 Å². The van der Waals surface area contributed by atoms with Gasteiger partial charge in [-0.1, -0.05) is 0 Å². The first-order valence-corrected chi connectivity index (χ1v) is 14.2. The molecule has 0 amide bonds. The predicted octanol–water partition coefficient (Wildman–Crippen LogP) is 3.20. The lowest BCUT2D eigenvalue weighted by atomic mass is 9.86. The van der Waals surface area contributed by atoms with Crippen LogP contribution in [-0.2, 0) is 15.1 Å². The molecule has 0 bridgehead atoms. The van der Waals surface area contributed by atoms with Gasteiger partial charge in [0.15, 0.2) is 11.6 Å². The molecular formula is C29H39N7O4. The fraction of sp³-hybridized carbons (Fsp3) is 0.552. The number of ether oxygens (including phenoxy) is 3. The van der Waals surface area contributed by atoms with E-state index in [1.54, 1.807) is 12.4 Å². The zero-order chi connectivity index (χ0) is 27.7. The number of aliphatic hydroxyl groups is 1. The Morgan fingerprint density at radius 2 is 1.95 bits per heavy atom. The minimum absolute atomic E-state index is 0.201. The van der Waals surface area contributed by atoms with Gasteiger partial charge in [0.1, 0.15) is 5.60 Å². The van der Waals surface area contributed by atoms with E-state index in [0.29, 0.717) is 43.7 Å². The maximum Gasteiger partial charge on any atom is 0.263 e. The molecule has 0 spiro atoms. The molecule has 11 nitrogen and oxygen atoms in total. The molecule has 0 radical (unpaired) electrons. The van der Waals surface area contributed by atoms with Gasteiger partial charge in [-0.3, -0.25) is 4.68 Å². The van der Waals surface area contributed by atoms with Crippen molar-refractivity contribution in [3.63, 3.8) is 0 Å². The lowest BCUT2D eigenvalue weighted by Gasteiger charge is -2.37. The summed E-state index contributed by atoms with van der Waals surface area (Å²) in [6.45, 7) is 7.23. The standard InChI is InChI=1S/C29H39N7O4/c1-20-18-38-11-9-35(20)24-13-21(12-22(14-24)29(37)6-3-10-39-19-29)26-16-31-27(30)28(33-26)40-25-15-32-36(17-25)23-4-7-34(2)8-5-23/h12-17,20,23,37H,3-11,18-19H2,1-2H3,(H2,30,31)/t20-,29+/m1/s1. The molecule has 3 saturated heterocycles. The number of piperidine rings is 1. The monoisotopic (exact) mass is 549 g/mol. The Bertz CT molecular complexity index is 1320. The van der Waals surface area contributed by atoms with Crippen LogP contribution in [0.3, 0.4) is 0 Å². The highest BCUT2D eigenvalue weighted by atomic mass is 16.5. The van der Waals surface area contributed by atoms with E-state index in [9.17, 15) is 5.11 Å². The maximum absolute atomic E-state index is 11.6. The summed E-state index contributed by atoms with van der Waals surface area (Å²) in [5, 5.41) is 16.1. The van der Waals surface area contributed by atoms with Crippen LogP contribution in [0.1, 0.15) is 44.2 Å². The summed E-state index contributed by atoms with van der Waals surface area (Å²) < 4.78 is 19.4. The number of nitrogens with two attached hydrogens (primary N) is 1. The van der Waals surface area contributed by atoms with Crippen LogP contribution in [0.2, 0.25) is 0 Å². The summed E-state index contributed by atoms with van der Waals surface area (Å²) in [6, 6.07) is 6.68. The number of benzene rings is 1. The summed E-state index contributed by atoms with van der Waals surface area (Å²) in [5.41, 5.74) is 8.37. The number of rotatable bonds is 6. The molecule has 0 aliphatic carbocycles. The molecule has 3 aliphatic rings. The average Bonchev–Trinajstić information content (AvgIpc) is 3.43. The van der Waals surface area contributed by atoms with Crippen molar-refractivity contribution in [1.29, 1.82) is 0 Å². The Hall–Kier alpha value is -3.25. The highest BCUT2D eigenvalue weighted by Gasteiger charge is 2.34. The van der Waals surface area contributed by atoms with Crippen LogP contribution in [0.25, 0.3) is 11.3 Å². The predicted molar refractivity (Wildman–Crippen MR) is 152 cm³/mol. The molecule has 3 fully saturated rings. The molecule has 40 heavy (non-hydrogen) atoms. The molecule has 0 unspecified atom stereocenters. The molecule has 5 heterocycles. The molecule has 2 aromatic heterocycles. The van der Waals surface area contributed by atoms with Gasteiger partial charge in [0, 0.05) is 30.4 Å². The van der Waals surface area contributed by atoms with Crippen molar-refractivity contribution >= 4 is 11.5 Å². The van der Waals surface area contributed by atoms with Gasteiger partial charge in [0.25, 0.3) is 5.88 Å². The van der Waals surface area contributed by atoms with Crippen LogP contribution in [0.15, 0.2) is 36.8 Å². The molecular weight excluding hydrogens is 510 g/mol. The fourth-order valence-electron chi connectivity index (χ4n) is 5.85. The van der Waals surface area contributed by atoms with Gasteiger partial charge in [-0.25, -0.2) is 9.97 Å². The Morgan fingerprint density at radius 1 is 1.10 bits per heavy atom. The van der Waals surface area contributed by atoms with Gasteiger partial charge in [0.2, 0.25) is 0 Å². The van der Waals surface area contributed by atoms with Crippen LogP contribution in [-0.4, -0.2) is 88.9 Å². The van der Waals surface area contributed by atoms with Crippen molar-refractivity contribution in [3.05, 3.63) is 42.4 Å². The van der Waals surface area contributed by atoms with E-state index < -0.39 is 5.60 Å². The first-order chi connectivity index (χ1) is 19.4. The number of anilines is 2. The lowest BCUT2D eigenvalue weighted by molar-refractivity contribution is -0.0902. The third-order valence-electron chi connectivity index (χ3n) is 8.29. The van der Waals surface area contributed by atoms with Gasteiger partial charge in [-0.15, -0.1) is 0 Å². The Morgan fingerprint density at radius 3 is 2.73 bits per heavy atom. The topological polar surface area (TPSA) is 124 Å². The second-order valence-corrected chi connectivity index (χ2v) is 11.3. The Labute approximate surface area is 234 Å². The summed E-state index contributed by atoms with van der Waals surface area (Å²) in [4.78, 5) is 13.8. The molecule has 11 heteroatoms. The number of nitrogen functional groups attached to an aromatic ring is 1. The average molecular weight is 550 g/mol. The molecule has 6 rings (SSSR count). The van der Waals surface area contributed by atoms with Crippen LogP contribution in [0, 0.1) is 0 Å². The number of nitrogens with zero attached hydrogens (tertiary/aromatic N) is 6. The molecule has 3 aromatic rings. The smallest absolute Gasteiger partial charge is 0.263 e. The second kappa shape index (κ2) is 11.3. The molecule has 2 atom stereocenters. The van der Waals surface area contributed by atoms with Crippen molar-refractivity contribution < 1.29 is 19.3 Å². The van der Waals surface area contributed by atoms with E-state index in [2.05, 4.69) is 46.0 Å². The summed E-state index contributed by atoms with van der Waals surface area (Å²) in [6.07, 6.45) is 8.79. The van der Waals surface area contributed by atoms with Crippen LogP contribution in [0.4, 0.5) is 11.5 Å². The number of hydrogen-bond donors (Lipinski definition) is 2. The van der Waals surface area contributed by atoms with E-state index in [4.69, 9.17) is 24.9 Å². The van der Waals surface area contributed by atoms with Crippen molar-refractivity contribution in [2.45, 2.75) is 50.3 Å². The Kier molecular flexibility index (Phi) is 7.63. The zero-order valence-electron chi connectivity index (χ0n) is 23.3. The van der Waals surface area contributed by atoms with Crippen LogP contribution >= 0.6 is 0 Å². The molecule has 214 valence electrons. The van der Waals surface area contributed by atoms with Gasteiger partial charge in [-0.2, -0.15) is 5.10 Å². The first-order valence-electron chi connectivity index (χ1n) is 14.2. The second-order valence-electron chi connectivity index (χ2n) is 11.3. The largest absolute Gasteiger partial charge is 0.433 e. The van der Waals surface area contributed by atoms with Crippen molar-refractivity contribution in [3.8, 4) is 22.9 Å². The van der Waals surface area contributed by atoms with Crippen LogP contribution < -0.4 is 15.4 Å². The normalized spacial score (nSPS) is 24.8. The number of hydrogen-bond acceptors (Lipinski definition) is 10. The minimum atomic E-state index is -1.07. The van der Waals surface area contributed by atoms with Gasteiger partial charge in [0.05, 0.1) is 50.1 Å². The molecule has 3 aliphatic heterocycles. The molecule has 0 saturated carbocycles. The fourth-order valence-corrected chi connectivity index (χ4v) is 5.85. The third-order valence-corrected chi connectivity index (χ3v) is 8.29. The third kappa shape index (κ3) is 5.64. The van der Waals surface area contributed by atoms with E-state index in [-0.39, 0.29) is 24.3 Å². The van der Waals surface area contributed by atoms with Crippen molar-refractivity contribution in [2.75, 3.05) is 63.7 Å². The highest BCUT2D eigenvalue weighted by Crippen LogP contribution is 2.37. The lowest BCUT2D eigenvalue weighted by Crippen LogP contribution is -2.44. The first kappa shape index (κ1) is 26.9. The Balaban J connectivity index is 1.31. The number of aromatic nitrogens is 4. The minimum Gasteiger partial charge on any atom is -0.433 e. The molecule has 3 N–H and O–H groups in total. The van der Waals surface area contributed by atoms with E-state index in [1.165, 1.54) is 0 Å². The highest BCUT2D eigenvalue weighted by molar-refractivity contribution is 5.69. The zero-order valence-corrected chi connectivity index (χ0v) is 23.3. The van der Waals surface area contributed by atoms with Crippen molar-refractivity contribution in [2.24, 2.45) is 0 Å². The van der Waals surface area contributed by atoms with E-state index in [0.717, 1.165) is 55.7 Å². The van der Waals surface area contributed by atoms with Gasteiger partial charge >= 0.3 is 0 Å². The van der Waals surface area contributed by atoms with Crippen LogP contribution in [0.5, 0.6) is 11.6 Å². The van der Waals surface area contributed by atoms with E-state index in [1.807, 2.05) is 16.9 Å². The van der Waals surface area contributed by atoms with Gasteiger partial charge in [-0.05, 0) is 76.5 Å². The van der Waals surface area contributed by atoms with Crippen molar-refractivity contribution in [1.82, 2.24) is 24.6 Å². The molecule has 1 aromatic carbocycles. The number of likely N-dealkylation sites (tertiary alicyclic amines) is 1. The number of morpholine rings is 1. The summed E-state index contributed by atoms with van der Waals surface area (Å²) in [5.74, 6) is 1.00. The summed E-state index contributed by atoms with van der Waals surface area (Å²) >= 11 is 0. The SMILES string of the molecule is C[C@@H]1COCCN1c1cc(-c2cnc(N)c(Oc3cnn(C4CCN(C)CC4)c3)n2)cc([C@]2(O)CCCOC2)c1. The quantitative estimate of drug-likeness (QED) is 0.474. The maximum atomic E-state index is 11.6. The van der Waals surface area contributed by atoms with Gasteiger partial charge < -0.3 is 34.9 Å².